The SMILES string of the molecule is CN1C(=S)N(c2ccccc2)C(=O)C1=Cc1ccco1. The Bertz CT molecular complexity index is 677. The molecule has 1 aromatic heterocycles. The van der Waals surface area contributed by atoms with Gasteiger partial charge in [-0.2, -0.15) is 0 Å². The van der Waals surface area contributed by atoms with Crippen molar-refractivity contribution in [3.05, 3.63) is 60.2 Å². The third-order valence-corrected chi connectivity index (χ3v) is 3.55. The molecular weight excluding hydrogens is 272 g/mol. The molecule has 0 unspecified atom stereocenters. The van der Waals surface area contributed by atoms with Crippen LogP contribution in [0.15, 0.2) is 58.8 Å². The summed E-state index contributed by atoms with van der Waals surface area (Å²) in [7, 11) is 1.78. The molecule has 1 fully saturated rings. The van der Waals surface area contributed by atoms with Crippen molar-refractivity contribution in [1.29, 1.82) is 0 Å². The van der Waals surface area contributed by atoms with E-state index in [1.165, 1.54) is 4.90 Å². The van der Waals surface area contributed by atoms with Crippen molar-refractivity contribution in [2.75, 3.05) is 11.9 Å². The van der Waals surface area contributed by atoms with Gasteiger partial charge in [-0.25, -0.2) is 0 Å². The van der Waals surface area contributed by atoms with Crippen LogP contribution >= 0.6 is 12.2 Å². The van der Waals surface area contributed by atoms with E-state index in [1.54, 1.807) is 36.4 Å². The van der Waals surface area contributed by atoms with Crippen LogP contribution in [0.2, 0.25) is 0 Å². The quantitative estimate of drug-likeness (QED) is 0.627. The lowest BCUT2D eigenvalue weighted by molar-refractivity contribution is -0.114. The summed E-state index contributed by atoms with van der Waals surface area (Å²) >= 11 is 5.35. The van der Waals surface area contributed by atoms with Crippen LogP contribution in [0.1, 0.15) is 5.76 Å². The molecule has 2 aromatic rings. The van der Waals surface area contributed by atoms with Gasteiger partial charge < -0.3 is 9.32 Å². The molecule has 1 aliphatic rings. The van der Waals surface area contributed by atoms with Gasteiger partial charge in [-0.15, -0.1) is 0 Å². The van der Waals surface area contributed by atoms with Crippen LogP contribution in [-0.2, 0) is 4.79 Å². The van der Waals surface area contributed by atoms with Crippen molar-refractivity contribution in [2.45, 2.75) is 0 Å². The number of furan rings is 1. The normalized spacial score (nSPS) is 17.4. The van der Waals surface area contributed by atoms with E-state index in [0.29, 0.717) is 16.6 Å². The number of hydrogen-bond acceptors (Lipinski definition) is 3. The standard InChI is InChI=1S/C15H12N2O2S/c1-16-13(10-12-8-5-9-19-12)14(18)17(15(16)20)11-6-3-2-4-7-11/h2-10H,1H3. The molecule has 5 heteroatoms. The fraction of sp³-hybridized carbons (Fsp3) is 0.0667. The van der Waals surface area contributed by atoms with E-state index < -0.39 is 0 Å². The summed E-state index contributed by atoms with van der Waals surface area (Å²) in [5, 5.41) is 0.457. The first-order valence-corrected chi connectivity index (χ1v) is 6.51. The third kappa shape index (κ3) is 2.02. The van der Waals surface area contributed by atoms with Crippen molar-refractivity contribution in [3.63, 3.8) is 0 Å². The van der Waals surface area contributed by atoms with Crippen LogP contribution in [0.25, 0.3) is 6.08 Å². The lowest BCUT2D eigenvalue weighted by Crippen LogP contribution is -2.30. The van der Waals surface area contributed by atoms with Crippen molar-refractivity contribution in [1.82, 2.24) is 4.90 Å². The summed E-state index contributed by atoms with van der Waals surface area (Å²) in [5.74, 6) is 0.470. The van der Waals surface area contributed by atoms with Gasteiger partial charge in [0.15, 0.2) is 5.11 Å². The number of carbonyl (C=O) groups is 1. The first-order chi connectivity index (χ1) is 9.68. The van der Waals surface area contributed by atoms with Gasteiger partial charge in [-0.1, -0.05) is 18.2 Å². The van der Waals surface area contributed by atoms with Gasteiger partial charge >= 0.3 is 0 Å². The molecule has 0 spiro atoms. The molecule has 1 aliphatic heterocycles. The van der Waals surface area contributed by atoms with Crippen LogP contribution in [0.4, 0.5) is 5.69 Å². The van der Waals surface area contributed by atoms with Gasteiger partial charge in [0.2, 0.25) is 0 Å². The summed E-state index contributed by atoms with van der Waals surface area (Å²) in [4.78, 5) is 15.7. The van der Waals surface area contributed by atoms with E-state index in [9.17, 15) is 4.79 Å². The van der Waals surface area contributed by atoms with Gasteiger partial charge in [-0.3, -0.25) is 9.69 Å². The summed E-state index contributed by atoms with van der Waals surface area (Å²) in [6, 6.07) is 12.9. The molecule has 1 amide bonds. The molecule has 1 aromatic carbocycles. The molecule has 4 nitrogen and oxygen atoms in total. The lowest BCUT2D eigenvalue weighted by atomic mass is 10.3. The topological polar surface area (TPSA) is 36.7 Å². The highest BCUT2D eigenvalue weighted by molar-refractivity contribution is 7.80. The number of anilines is 1. The second kappa shape index (κ2) is 4.94. The predicted octanol–water partition coefficient (Wildman–Crippen LogP) is 2.88. The Morgan fingerprint density at radius 2 is 1.90 bits per heavy atom. The monoisotopic (exact) mass is 284 g/mol. The fourth-order valence-electron chi connectivity index (χ4n) is 2.07. The van der Waals surface area contributed by atoms with Gasteiger partial charge in [0.1, 0.15) is 11.5 Å². The second-order valence-electron chi connectivity index (χ2n) is 4.36. The fourth-order valence-corrected chi connectivity index (χ4v) is 2.36. The van der Waals surface area contributed by atoms with Crippen LogP contribution < -0.4 is 4.90 Å². The molecule has 0 bridgehead atoms. The largest absolute Gasteiger partial charge is 0.465 e. The highest BCUT2D eigenvalue weighted by Gasteiger charge is 2.36. The van der Waals surface area contributed by atoms with E-state index in [4.69, 9.17) is 16.6 Å². The molecule has 0 atom stereocenters. The molecule has 2 heterocycles. The number of carbonyl (C=O) groups excluding carboxylic acids is 1. The zero-order valence-electron chi connectivity index (χ0n) is 10.8. The first kappa shape index (κ1) is 12.6. The number of thiocarbonyl (C=S) groups is 1. The Morgan fingerprint density at radius 1 is 1.15 bits per heavy atom. The molecule has 0 saturated carbocycles. The summed E-state index contributed by atoms with van der Waals surface area (Å²) in [6.45, 7) is 0. The summed E-state index contributed by atoms with van der Waals surface area (Å²) in [6.07, 6.45) is 3.26. The van der Waals surface area contributed by atoms with E-state index in [0.717, 1.165) is 5.69 Å². The minimum absolute atomic E-state index is 0.153. The number of amides is 1. The first-order valence-electron chi connectivity index (χ1n) is 6.11. The van der Waals surface area contributed by atoms with Gasteiger partial charge in [0.05, 0.1) is 12.0 Å². The molecule has 20 heavy (non-hydrogen) atoms. The zero-order valence-corrected chi connectivity index (χ0v) is 11.6. The number of para-hydroxylation sites is 1. The zero-order chi connectivity index (χ0) is 14.1. The smallest absolute Gasteiger partial charge is 0.281 e. The number of hydrogen-bond donors (Lipinski definition) is 0. The highest BCUT2D eigenvalue weighted by atomic mass is 32.1. The average Bonchev–Trinajstić information content (AvgIpc) is 3.04. The van der Waals surface area contributed by atoms with Crippen LogP contribution in [0.5, 0.6) is 0 Å². The predicted molar refractivity (Wildman–Crippen MR) is 81.0 cm³/mol. The second-order valence-corrected chi connectivity index (χ2v) is 4.73. The molecule has 0 N–H and O–H groups in total. The maximum atomic E-state index is 12.5. The average molecular weight is 284 g/mol. The van der Waals surface area contributed by atoms with E-state index >= 15 is 0 Å². The van der Waals surface area contributed by atoms with E-state index in [-0.39, 0.29) is 5.91 Å². The van der Waals surface area contributed by atoms with Crippen molar-refractivity contribution < 1.29 is 9.21 Å². The van der Waals surface area contributed by atoms with E-state index in [2.05, 4.69) is 0 Å². The Balaban J connectivity index is 2.01. The van der Waals surface area contributed by atoms with Gasteiger partial charge in [0.25, 0.3) is 5.91 Å². The summed E-state index contributed by atoms with van der Waals surface area (Å²) < 4.78 is 5.25. The number of rotatable bonds is 2. The van der Waals surface area contributed by atoms with Crippen LogP contribution in [0, 0.1) is 0 Å². The van der Waals surface area contributed by atoms with Crippen molar-refractivity contribution in [2.24, 2.45) is 0 Å². The summed E-state index contributed by atoms with van der Waals surface area (Å²) in [5.41, 5.74) is 1.26. The van der Waals surface area contributed by atoms with Crippen LogP contribution in [0.3, 0.4) is 0 Å². The van der Waals surface area contributed by atoms with Gasteiger partial charge in [0, 0.05) is 13.1 Å². The molecule has 3 rings (SSSR count). The number of likely N-dealkylation sites (N-methyl/N-ethyl adjacent to an activating group) is 1. The molecular formula is C15H12N2O2S. The lowest BCUT2D eigenvalue weighted by Gasteiger charge is -2.16. The highest BCUT2D eigenvalue weighted by Crippen LogP contribution is 2.27. The minimum Gasteiger partial charge on any atom is -0.465 e. The van der Waals surface area contributed by atoms with Crippen molar-refractivity contribution in [3.8, 4) is 0 Å². The number of benzene rings is 1. The van der Waals surface area contributed by atoms with Gasteiger partial charge in [-0.05, 0) is 36.5 Å². The molecule has 0 radical (unpaired) electrons. The van der Waals surface area contributed by atoms with E-state index in [1.807, 2.05) is 30.3 Å². The Labute approximate surface area is 121 Å². The Hall–Kier alpha value is -2.40. The molecule has 100 valence electrons. The Kier molecular flexibility index (Phi) is 3.12. The maximum absolute atomic E-state index is 12.5. The van der Waals surface area contributed by atoms with Crippen molar-refractivity contribution >= 4 is 35.0 Å². The molecule has 0 aliphatic carbocycles. The van der Waals surface area contributed by atoms with Crippen LogP contribution in [-0.4, -0.2) is 23.0 Å². The maximum Gasteiger partial charge on any atom is 0.281 e. The minimum atomic E-state index is -0.153. The third-order valence-electron chi connectivity index (χ3n) is 3.10. The number of nitrogens with zero attached hydrogens (tertiary/aromatic N) is 2. The Morgan fingerprint density at radius 3 is 2.55 bits per heavy atom. The molecule has 1 saturated heterocycles.